The number of aromatic nitrogens is 2. The van der Waals surface area contributed by atoms with Crippen LogP contribution >= 0.6 is 0 Å². The van der Waals surface area contributed by atoms with E-state index in [1.54, 1.807) is 24.8 Å². The van der Waals surface area contributed by atoms with Crippen LogP contribution in [0, 0.1) is 12.7 Å². The second kappa shape index (κ2) is 10.7. The number of nitrogens with zero attached hydrogens (tertiary/aromatic N) is 3. The summed E-state index contributed by atoms with van der Waals surface area (Å²) in [6.07, 6.45) is -2.33. The number of benzene rings is 2. The summed E-state index contributed by atoms with van der Waals surface area (Å²) < 4.78 is 59.3. The van der Waals surface area contributed by atoms with E-state index in [0.29, 0.717) is 66.6 Å². The number of carbonyl (C=O) groups excluding carboxylic acids is 1. The number of fused-ring (bicyclic) bond motifs is 3. The van der Waals surface area contributed by atoms with Gasteiger partial charge in [0.15, 0.2) is 11.5 Å². The number of likely N-dealkylation sites (tertiary alicyclic amines) is 1. The average molecular weight is 559 g/mol. The highest BCUT2D eigenvalue weighted by atomic mass is 19.3. The molecular weight excluding hydrogens is 525 g/mol. The Labute approximate surface area is 230 Å². The van der Waals surface area contributed by atoms with Crippen LogP contribution in [0.5, 0.6) is 11.5 Å². The van der Waals surface area contributed by atoms with E-state index < -0.39 is 29.4 Å². The summed E-state index contributed by atoms with van der Waals surface area (Å²) in [5, 5.41) is 3.85. The van der Waals surface area contributed by atoms with E-state index >= 15 is 0 Å². The van der Waals surface area contributed by atoms with Crippen molar-refractivity contribution in [3.8, 4) is 11.5 Å². The van der Waals surface area contributed by atoms with Crippen LogP contribution in [0.15, 0.2) is 24.3 Å². The second-order valence-electron chi connectivity index (χ2n) is 11.2. The molecule has 2 aliphatic rings. The molecule has 40 heavy (non-hydrogen) atoms. The van der Waals surface area contributed by atoms with Gasteiger partial charge in [0.05, 0.1) is 30.3 Å². The predicted molar refractivity (Wildman–Crippen MR) is 144 cm³/mol. The smallest absolute Gasteiger partial charge is 0.410 e. The molecule has 0 aliphatic carbocycles. The number of anilines is 1. The third-order valence-electron chi connectivity index (χ3n) is 6.92. The lowest BCUT2D eigenvalue weighted by Gasteiger charge is -2.24. The molecule has 0 spiro atoms. The fraction of sp³-hybridized carbons (Fsp3) is 0.483. The first kappa shape index (κ1) is 27.8. The number of aryl methyl sites for hydroxylation is 1. The lowest BCUT2D eigenvalue weighted by molar-refractivity contribution is 0.0275. The number of alkyl halides is 2. The van der Waals surface area contributed by atoms with E-state index in [-0.39, 0.29) is 17.8 Å². The number of ether oxygens (including phenoxy) is 3. The Hall–Kier alpha value is -3.76. The van der Waals surface area contributed by atoms with Crippen LogP contribution in [0.1, 0.15) is 69.1 Å². The monoisotopic (exact) mass is 558 g/mol. The minimum atomic E-state index is -2.92. The van der Waals surface area contributed by atoms with E-state index in [1.807, 2.05) is 20.8 Å². The van der Waals surface area contributed by atoms with E-state index in [4.69, 9.17) is 14.2 Å². The van der Waals surface area contributed by atoms with Gasteiger partial charge in [-0.25, -0.2) is 27.9 Å². The van der Waals surface area contributed by atoms with Gasteiger partial charge in [-0.3, -0.25) is 0 Å². The molecule has 2 aromatic carbocycles. The molecule has 8 nitrogen and oxygen atoms in total. The Morgan fingerprint density at radius 2 is 1.98 bits per heavy atom. The van der Waals surface area contributed by atoms with Gasteiger partial charge in [-0.15, -0.1) is 0 Å². The quantitative estimate of drug-likeness (QED) is 0.369. The van der Waals surface area contributed by atoms with Crippen molar-refractivity contribution in [3.63, 3.8) is 0 Å². The van der Waals surface area contributed by atoms with Gasteiger partial charge >= 0.3 is 6.09 Å². The van der Waals surface area contributed by atoms with Gasteiger partial charge in [-0.2, -0.15) is 0 Å². The van der Waals surface area contributed by atoms with Gasteiger partial charge in [-0.05, 0) is 40.7 Å². The third kappa shape index (κ3) is 5.59. The Bertz CT molecular complexity index is 1440. The molecule has 3 aromatic rings. The zero-order valence-electron chi connectivity index (χ0n) is 23.2. The maximum atomic E-state index is 14.9. The molecule has 11 heteroatoms. The first-order valence-corrected chi connectivity index (χ1v) is 13.4. The molecule has 1 N–H and O–H groups in total. The highest BCUT2D eigenvalue weighted by Gasteiger charge is 2.33. The van der Waals surface area contributed by atoms with Crippen molar-refractivity contribution in [1.29, 1.82) is 0 Å². The Kier molecular flexibility index (Phi) is 7.41. The summed E-state index contributed by atoms with van der Waals surface area (Å²) in [7, 11) is 0. The molecule has 214 valence electrons. The number of hydrogen-bond donors (Lipinski definition) is 1. The van der Waals surface area contributed by atoms with Crippen molar-refractivity contribution in [2.75, 3.05) is 25.0 Å². The van der Waals surface area contributed by atoms with E-state index in [0.717, 1.165) is 11.6 Å². The standard InChI is InChI=1S/C29H33F3N4O4/c1-15(18-7-6-8-19(23(18)30)26(31)32)33-27-21-13-22(25-20(10-12-38-25)24(21)34-16(2)35-27)39-17-9-11-36(14-17)28(37)40-29(3,4)5/h6-8,13,15,17,26H,9-12,14H2,1-5H3,(H,33,34,35)/t15-,17+/m1/s1. The van der Waals surface area contributed by atoms with Crippen LogP contribution in [-0.2, 0) is 11.2 Å². The molecule has 2 aliphatic heterocycles. The highest BCUT2D eigenvalue weighted by molar-refractivity contribution is 5.95. The Balaban J connectivity index is 1.45. The largest absolute Gasteiger partial charge is 0.489 e. The van der Waals surface area contributed by atoms with Crippen LogP contribution in [0.2, 0.25) is 0 Å². The van der Waals surface area contributed by atoms with Crippen LogP contribution in [0.4, 0.5) is 23.8 Å². The number of carbonyl (C=O) groups is 1. The van der Waals surface area contributed by atoms with Gasteiger partial charge in [0.25, 0.3) is 6.43 Å². The Morgan fingerprint density at radius 3 is 2.70 bits per heavy atom. The molecule has 5 rings (SSSR count). The van der Waals surface area contributed by atoms with Gasteiger partial charge in [0.1, 0.15) is 29.2 Å². The zero-order valence-corrected chi connectivity index (χ0v) is 23.2. The number of nitrogens with one attached hydrogen (secondary N) is 1. The zero-order chi connectivity index (χ0) is 28.8. The molecule has 1 aromatic heterocycles. The topological polar surface area (TPSA) is 85.8 Å². The van der Waals surface area contributed by atoms with Crippen molar-refractivity contribution in [3.05, 3.63) is 52.6 Å². The number of halogens is 3. The van der Waals surface area contributed by atoms with Crippen molar-refractivity contribution < 1.29 is 32.2 Å². The minimum absolute atomic E-state index is 0.108. The minimum Gasteiger partial charge on any atom is -0.489 e. The predicted octanol–water partition coefficient (Wildman–Crippen LogP) is 6.51. The van der Waals surface area contributed by atoms with E-state index in [1.165, 1.54) is 12.1 Å². The number of amides is 1. The van der Waals surface area contributed by atoms with E-state index in [2.05, 4.69) is 15.3 Å². The number of rotatable bonds is 6. The summed E-state index contributed by atoms with van der Waals surface area (Å²) in [5.41, 5.74) is 0.437. The Morgan fingerprint density at radius 1 is 1.23 bits per heavy atom. The summed E-state index contributed by atoms with van der Waals surface area (Å²) in [4.78, 5) is 23.4. The fourth-order valence-electron chi connectivity index (χ4n) is 5.09. The molecule has 1 amide bonds. The average Bonchev–Trinajstić information content (AvgIpc) is 3.54. The third-order valence-corrected chi connectivity index (χ3v) is 6.92. The molecule has 1 saturated heterocycles. The summed E-state index contributed by atoms with van der Waals surface area (Å²) in [5.74, 6) is 1.09. The second-order valence-corrected chi connectivity index (χ2v) is 11.2. The van der Waals surface area contributed by atoms with Crippen LogP contribution in [0.3, 0.4) is 0 Å². The van der Waals surface area contributed by atoms with Crippen molar-refractivity contribution in [2.45, 2.75) is 71.6 Å². The van der Waals surface area contributed by atoms with Gasteiger partial charge < -0.3 is 24.4 Å². The van der Waals surface area contributed by atoms with Gasteiger partial charge in [-0.1, -0.05) is 18.2 Å². The van der Waals surface area contributed by atoms with Crippen molar-refractivity contribution in [2.24, 2.45) is 0 Å². The lowest BCUT2D eigenvalue weighted by atomic mass is 10.0. The van der Waals surface area contributed by atoms with E-state index in [9.17, 15) is 18.0 Å². The molecule has 0 bridgehead atoms. The molecule has 2 atom stereocenters. The molecule has 0 saturated carbocycles. The first-order chi connectivity index (χ1) is 18.9. The normalized spacial score (nSPS) is 17.6. The summed E-state index contributed by atoms with van der Waals surface area (Å²) in [6, 6.07) is 5.10. The highest BCUT2D eigenvalue weighted by Crippen LogP contribution is 2.43. The maximum Gasteiger partial charge on any atom is 0.410 e. The molecule has 3 heterocycles. The summed E-state index contributed by atoms with van der Waals surface area (Å²) in [6.45, 7) is 10.3. The molecular formula is C29H33F3N4O4. The van der Waals surface area contributed by atoms with Crippen molar-refractivity contribution >= 4 is 22.8 Å². The van der Waals surface area contributed by atoms with Crippen LogP contribution in [-0.4, -0.2) is 52.4 Å². The van der Waals surface area contributed by atoms with Gasteiger partial charge in [0, 0.05) is 35.9 Å². The van der Waals surface area contributed by atoms with Crippen LogP contribution < -0.4 is 14.8 Å². The first-order valence-electron chi connectivity index (χ1n) is 13.4. The lowest BCUT2D eigenvalue weighted by Crippen LogP contribution is -2.36. The molecule has 1 fully saturated rings. The van der Waals surface area contributed by atoms with Crippen LogP contribution in [0.25, 0.3) is 10.9 Å². The fourth-order valence-corrected chi connectivity index (χ4v) is 5.09. The van der Waals surface area contributed by atoms with Gasteiger partial charge in [0.2, 0.25) is 0 Å². The SMILES string of the molecule is Cc1nc(N[C@H](C)c2cccc(C(F)F)c2F)c2cc(O[C@H]3CCN(C(=O)OC(C)(C)C)C3)c3c(c2n1)CCO3. The maximum absolute atomic E-state index is 14.9. The summed E-state index contributed by atoms with van der Waals surface area (Å²) >= 11 is 0. The molecule has 0 radical (unpaired) electrons. The number of hydrogen-bond acceptors (Lipinski definition) is 7. The molecule has 0 unspecified atom stereocenters. The van der Waals surface area contributed by atoms with Crippen molar-refractivity contribution in [1.82, 2.24) is 14.9 Å².